The third-order valence-corrected chi connectivity index (χ3v) is 13.5. The lowest BCUT2D eigenvalue weighted by molar-refractivity contribution is 0.0977. The summed E-state index contributed by atoms with van der Waals surface area (Å²) in [6, 6.07) is 52.2. The quantitative estimate of drug-likeness (QED) is 0.0316. The van der Waals surface area contributed by atoms with Gasteiger partial charge in [0.15, 0.2) is 11.6 Å². The maximum absolute atomic E-state index is 13.5. The molecular formula is C60H66N10O2. The molecule has 2 unspecified atom stereocenters. The molecule has 2 fully saturated rings. The Morgan fingerprint density at radius 2 is 0.875 bits per heavy atom. The van der Waals surface area contributed by atoms with Gasteiger partial charge in [-0.3, -0.25) is 9.59 Å². The van der Waals surface area contributed by atoms with Gasteiger partial charge in [0.05, 0.1) is 34.8 Å². The maximum Gasteiger partial charge on any atom is 0.185 e. The standard InChI is InChI=1S/2C30H33N5O/c2*1-20-14-28(35(34-20)27-7-3-5-23(16-27)18-31)29(36)17-22-4-2-6-25(15-22)30(33-19-21-8-9-21)24-10-12-26(32)13-11-24/h2*2-7,10-16,21,30,33H,8-9,17-19,31-32H2,1H3. The largest absolute Gasteiger partial charge is 0.399 e. The van der Waals surface area contributed by atoms with Crippen molar-refractivity contribution in [3.05, 3.63) is 225 Å². The van der Waals surface area contributed by atoms with Gasteiger partial charge in [0, 0.05) is 37.3 Å². The van der Waals surface area contributed by atoms with Gasteiger partial charge in [0.2, 0.25) is 0 Å². The Bertz CT molecular complexity index is 2920. The summed E-state index contributed by atoms with van der Waals surface area (Å²) >= 11 is 0. The summed E-state index contributed by atoms with van der Waals surface area (Å²) in [5, 5.41) is 16.7. The number of carbonyl (C=O) groups is 2. The minimum absolute atomic E-state index is 0.0286. The highest BCUT2D eigenvalue weighted by atomic mass is 16.1. The van der Waals surface area contributed by atoms with E-state index in [4.69, 9.17) is 22.9 Å². The van der Waals surface area contributed by atoms with Crippen LogP contribution in [0, 0.1) is 25.7 Å². The van der Waals surface area contributed by atoms with Crippen LogP contribution in [-0.2, 0) is 25.9 Å². The highest BCUT2D eigenvalue weighted by Crippen LogP contribution is 2.32. The number of rotatable bonds is 20. The van der Waals surface area contributed by atoms with Crippen molar-refractivity contribution in [2.24, 2.45) is 23.3 Å². The van der Waals surface area contributed by atoms with Gasteiger partial charge in [-0.1, -0.05) is 97.1 Å². The van der Waals surface area contributed by atoms with E-state index in [-0.39, 0.29) is 23.7 Å². The monoisotopic (exact) mass is 959 g/mol. The van der Waals surface area contributed by atoms with Gasteiger partial charge in [0.1, 0.15) is 11.4 Å². The molecule has 2 aliphatic rings. The van der Waals surface area contributed by atoms with Crippen molar-refractivity contribution in [2.75, 3.05) is 24.6 Å². The van der Waals surface area contributed by atoms with Gasteiger partial charge in [0.25, 0.3) is 0 Å². The second-order valence-electron chi connectivity index (χ2n) is 19.5. The fourth-order valence-corrected chi connectivity index (χ4v) is 9.18. The Hall–Kier alpha value is -7.48. The van der Waals surface area contributed by atoms with Crippen molar-refractivity contribution in [1.82, 2.24) is 30.2 Å². The number of nitrogens with zero attached hydrogens (tertiary/aromatic N) is 4. The summed E-state index contributed by atoms with van der Waals surface area (Å²) in [6.45, 7) is 6.66. The smallest absolute Gasteiger partial charge is 0.185 e. The normalized spacial score (nSPS) is 14.1. The summed E-state index contributed by atoms with van der Waals surface area (Å²) in [5.74, 6) is 1.57. The molecule has 10 rings (SSSR count). The molecule has 72 heavy (non-hydrogen) atoms. The van der Waals surface area contributed by atoms with E-state index in [1.165, 1.54) is 36.8 Å². The Labute approximate surface area is 422 Å². The van der Waals surface area contributed by atoms with Crippen molar-refractivity contribution >= 4 is 22.9 Å². The molecule has 0 bridgehead atoms. The van der Waals surface area contributed by atoms with Crippen LogP contribution in [-0.4, -0.2) is 44.2 Å². The molecule has 0 spiro atoms. The van der Waals surface area contributed by atoms with Crippen LogP contribution in [0.1, 0.15) is 115 Å². The topological polar surface area (TPSA) is 198 Å². The van der Waals surface area contributed by atoms with Crippen LogP contribution in [0.4, 0.5) is 11.4 Å². The number of nitrogen functional groups attached to an aromatic ring is 2. The fraction of sp³-hybridized carbons (Fsp3) is 0.267. The average Bonchev–Trinajstić information content (AvgIpc) is 4.33. The number of nitrogens with two attached hydrogens (primary N) is 4. The van der Waals surface area contributed by atoms with Gasteiger partial charge in [-0.2, -0.15) is 10.2 Å². The molecular weight excluding hydrogens is 893 g/mol. The molecule has 12 heteroatoms. The first-order valence-electron chi connectivity index (χ1n) is 25.1. The van der Waals surface area contributed by atoms with E-state index in [0.29, 0.717) is 37.3 Å². The van der Waals surface area contributed by atoms with Crippen LogP contribution in [0.15, 0.2) is 158 Å². The number of ketones is 2. The summed E-state index contributed by atoms with van der Waals surface area (Å²) in [5.41, 5.74) is 38.0. The third-order valence-electron chi connectivity index (χ3n) is 13.5. The molecule has 2 saturated carbocycles. The minimum atomic E-state index is 0.0286. The number of hydrogen-bond acceptors (Lipinski definition) is 10. The number of anilines is 2. The lowest BCUT2D eigenvalue weighted by Crippen LogP contribution is -2.24. The number of nitrogens with one attached hydrogen (secondary N) is 2. The van der Waals surface area contributed by atoms with Crippen LogP contribution in [0.25, 0.3) is 11.4 Å². The van der Waals surface area contributed by atoms with Gasteiger partial charge in [-0.05, 0) is 170 Å². The predicted octanol–water partition coefficient (Wildman–Crippen LogP) is 9.47. The van der Waals surface area contributed by atoms with Gasteiger partial charge in [-0.15, -0.1) is 0 Å². The number of aryl methyl sites for hydroxylation is 2. The Kier molecular flexibility index (Phi) is 15.6. The second kappa shape index (κ2) is 22.7. The second-order valence-corrected chi connectivity index (χ2v) is 19.5. The molecule has 8 aromatic rings. The maximum atomic E-state index is 13.5. The van der Waals surface area contributed by atoms with Crippen LogP contribution < -0.4 is 33.6 Å². The first-order valence-corrected chi connectivity index (χ1v) is 25.1. The van der Waals surface area contributed by atoms with Crippen LogP contribution in [0.5, 0.6) is 0 Å². The van der Waals surface area contributed by atoms with Gasteiger partial charge >= 0.3 is 0 Å². The molecule has 0 aliphatic heterocycles. The van der Waals surface area contributed by atoms with E-state index in [1.807, 2.05) is 123 Å². The van der Waals surface area contributed by atoms with E-state index in [9.17, 15) is 9.59 Å². The third kappa shape index (κ3) is 12.7. The Balaban J connectivity index is 0.000000178. The van der Waals surface area contributed by atoms with Crippen molar-refractivity contribution in [1.29, 1.82) is 0 Å². The van der Waals surface area contributed by atoms with Crippen molar-refractivity contribution in [2.45, 2.75) is 77.5 Å². The van der Waals surface area contributed by atoms with Crippen molar-refractivity contribution in [3.8, 4) is 11.4 Å². The average molecular weight is 959 g/mol. The number of hydrogen-bond donors (Lipinski definition) is 6. The molecule has 10 N–H and O–H groups in total. The van der Waals surface area contributed by atoms with Crippen molar-refractivity contribution < 1.29 is 9.59 Å². The van der Waals surface area contributed by atoms with E-state index in [0.717, 1.165) is 92.4 Å². The van der Waals surface area contributed by atoms with Crippen molar-refractivity contribution in [3.63, 3.8) is 0 Å². The first kappa shape index (κ1) is 49.5. The minimum Gasteiger partial charge on any atom is -0.399 e. The zero-order valence-corrected chi connectivity index (χ0v) is 41.3. The number of aromatic nitrogens is 4. The Morgan fingerprint density at radius 1 is 0.500 bits per heavy atom. The summed E-state index contributed by atoms with van der Waals surface area (Å²) in [6.07, 6.45) is 5.75. The molecule has 0 radical (unpaired) electrons. The zero-order valence-electron chi connectivity index (χ0n) is 41.3. The van der Waals surface area contributed by atoms with E-state index < -0.39 is 0 Å². The molecule has 6 aromatic carbocycles. The highest BCUT2D eigenvalue weighted by Gasteiger charge is 2.26. The van der Waals surface area contributed by atoms with Gasteiger partial charge in [-0.25, -0.2) is 9.36 Å². The molecule has 2 aromatic heterocycles. The number of benzene rings is 6. The lowest BCUT2D eigenvalue weighted by Gasteiger charge is -2.21. The van der Waals surface area contributed by atoms with Gasteiger partial charge < -0.3 is 33.6 Å². The summed E-state index contributed by atoms with van der Waals surface area (Å²) in [4.78, 5) is 26.9. The number of Topliss-reactive ketones (excluding diaryl/α,β-unsaturated/α-hetero) is 2. The van der Waals surface area contributed by atoms with Crippen LogP contribution in [0.3, 0.4) is 0 Å². The summed E-state index contributed by atoms with van der Waals surface area (Å²) < 4.78 is 3.46. The van der Waals surface area contributed by atoms with E-state index in [2.05, 4.69) is 69.4 Å². The van der Waals surface area contributed by atoms with Crippen LogP contribution in [0.2, 0.25) is 0 Å². The SMILES string of the molecule is Cc1cc(C(=O)Cc2cccc(C(NCC3CC3)c3ccc(N)cc3)c2)n(-c2cccc(CN)c2)n1.Cc1cc(C(=O)Cc2cccc(C(NCC3CC3)c3ccc(N)cc3)c2)n(-c2cccc(CN)c2)n1. The van der Waals surface area contributed by atoms with E-state index in [1.54, 1.807) is 9.36 Å². The molecule has 0 amide bonds. The molecule has 368 valence electrons. The fourth-order valence-electron chi connectivity index (χ4n) is 9.18. The predicted molar refractivity (Wildman–Crippen MR) is 288 cm³/mol. The molecule has 12 nitrogen and oxygen atoms in total. The molecule has 0 saturated heterocycles. The highest BCUT2D eigenvalue weighted by molar-refractivity contribution is 5.97. The number of carbonyl (C=O) groups excluding carboxylic acids is 2. The summed E-state index contributed by atoms with van der Waals surface area (Å²) in [7, 11) is 0. The Morgan fingerprint density at radius 3 is 1.25 bits per heavy atom. The molecule has 2 atom stereocenters. The zero-order chi connectivity index (χ0) is 50.1. The lowest BCUT2D eigenvalue weighted by atomic mass is 9.95. The first-order chi connectivity index (χ1) is 35.0. The molecule has 2 aliphatic carbocycles. The van der Waals surface area contributed by atoms with Crippen LogP contribution >= 0.6 is 0 Å². The molecule has 2 heterocycles. The van der Waals surface area contributed by atoms with E-state index >= 15 is 0 Å².